The maximum atomic E-state index is 13.2. The minimum absolute atomic E-state index is 0.0332. The quantitative estimate of drug-likeness (QED) is 0.631. The molecule has 0 spiro atoms. The number of amides is 1. The number of hydrogen-bond acceptors (Lipinski definition) is 4. The number of carbonyl (C=O) groups excluding carboxylic acids is 1. The predicted octanol–water partition coefficient (Wildman–Crippen LogP) is 4.03. The van der Waals surface area contributed by atoms with Gasteiger partial charge in [0.25, 0.3) is 5.91 Å². The molecule has 1 aliphatic rings. The summed E-state index contributed by atoms with van der Waals surface area (Å²) in [5.41, 5.74) is 1.35. The Kier molecular flexibility index (Phi) is 8.41. The van der Waals surface area contributed by atoms with Crippen molar-refractivity contribution < 1.29 is 18.7 Å². The molecule has 172 valence electrons. The lowest BCUT2D eigenvalue weighted by Crippen LogP contribution is -2.52. The molecular formula is C24H30FN3O3S. The highest BCUT2D eigenvalue weighted by Gasteiger charge is 2.27. The molecule has 1 fully saturated rings. The summed E-state index contributed by atoms with van der Waals surface area (Å²) in [4.78, 5) is 17.1. The van der Waals surface area contributed by atoms with Gasteiger partial charge in [-0.3, -0.25) is 4.79 Å². The van der Waals surface area contributed by atoms with Gasteiger partial charge < -0.3 is 24.6 Å². The van der Waals surface area contributed by atoms with Crippen LogP contribution in [0.5, 0.6) is 5.75 Å². The van der Waals surface area contributed by atoms with Crippen LogP contribution in [0.3, 0.4) is 0 Å². The summed E-state index contributed by atoms with van der Waals surface area (Å²) >= 11 is 5.55. The molecule has 2 aromatic rings. The van der Waals surface area contributed by atoms with Crippen LogP contribution in [0.1, 0.15) is 24.2 Å². The molecule has 1 N–H and O–H groups in total. The Balaban J connectivity index is 1.64. The molecule has 0 radical (unpaired) electrons. The van der Waals surface area contributed by atoms with E-state index in [1.807, 2.05) is 9.80 Å². The zero-order chi connectivity index (χ0) is 23.1. The van der Waals surface area contributed by atoms with Crippen molar-refractivity contribution in [3.05, 3.63) is 59.9 Å². The molecule has 32 heavy (non-hydrogen) atoms. The van der Waals surface area contributed by atoms with Gasteiger partial charge in [-0.15, -0.1) is 0 Å². The third-order valence-electron chi connectivity index (χ3n) is 5.16. The highest BCUT2D eigenvalue weighted by atomic mass is 32.1. The van der Waals surface area contributed by atoms with Crippen molar-refractivity contribution in [2.24, 2.45) is 5.92 Å². The van der Waals surface area contributed by atoms with E-state index in [0.717, 1.165) is 5.69 Å². The minimum atomic E-state index is -0.292. The fourth-order valence-corrected chi connectivity index (χ4v) is 3.88. The van der Waals surface area contributed by atoms with Crippen LogP contribution in [0, 0.1) is 11.7 Å². The van der Waals surface area contributed by atoms with Gasteiger partial charge in [-0.2, -0.15) is 0 Å². The minimum Gasteiger partial charge on any atom is -0.497 e. The topological polar surface area (TPSA) is 54.0 Å². The number of carbonyl (C=O) groups is 1. The first-order valence-electron chi connectivity index (χ1n) is 10.7. The standard InChI is InChI=1S/C24H30FN3O3S/c1-17(2)14-28(23(29)18-4-10-21(30-3)11-5-18)16-22-15-27(12-13-31-22)24(32)26-20-8-6-19(25)7-9-20/h4-11,17,22H,12-16H2,1-3H3,(H,26,32)/t22-/m0/s1. The average Bonchev–Trinajstić information content (AvgIpc) is 2.79. The van der Waals surface area contributed by atoms with Crippen LogP contribution in [-0.4, -0.2) is 66.8 Å². The number of morpholine rings is 1. The molecule has 0 aliphatic carbocycles. The fourth-order valence-electron chi connectivity index (χ4n) is 3.59. The van der Waals surface area contributed by atoms with Crippen molar-refractivity contribution in [2.75, 3.05) is 45.2 Å². The molecular weight excluding hydrogens is 429 g/mol. The molecule has 1 atom stereocenters. The number of ether oxygens (including phenoxy) is 2. The summed E-state index contributed by atoms with van der Waals surface area (Å²) in [5.74, 6) is 0.706. The van der Waals surface area contributed by atoms with Crippen LogP contribution in [0.2, 0.25) is 0 Å². The van der Waals surface area contributed by atoms with Crippen LogP contribution >= 0.6 is 12.2 Å². The van der Waals surface area contributed by atoms with Gasteiger partial charge in [-0.25, -0.2) is 4.39 Å². The Morgan fingerprint density at radius 1 is 1.25 bits per heavy atom. The second-order valence-electron chi connectivity index (χ2n) is 8.21. The second kappa shape index (κ2) is 11.2. The summed E-state index contributed by atoms with van der Waals surface area (Å²) in [6, 6.07) is 13.2. The van der Waals surface area contributed by atoms with Gasteiger partial charge in [0.15, 0.2) is 5.11 Å². The Morgan fingerprint density at radius 2 is 1.94 bits per heavy atom. The average molecular weight is 460 g/mol. The lowest BCUT2D eigenvalue weighted by molar-refractivity contribution is -0.0215. The third kappa shape index (κ3) is 6.64. The molecule has 6 nitrogen and oxygen atoms in total. The molecule has 1 heterocycles. The van der Waals surface area contributed by atoms with E-state index in [4.69, 9.17) is 21.7 Å². The lowest BCUT2D eigenvalue weighted by Gasteiger charge is -2.37. The third-order valence-corrected chi connectivity index (χ3v) is 5.52. The van der Waals surface area contributed by atoms with E-state index in [-0.39, 0.29) is 17.8 Å². The van der Waals surface area contributed by atoms with Gasteiger partial charge >= 0.3 is 0 Å². The van der Waals surface area contributed by atoms with Crippen molar-refractivity contribution in [1.29, 1.82) is 0 Å². The fraction of sp³-hybridized carbons (Fsp3) is 0.417. The Morgan fingerprint density at radius 3 is 2.56 bits per heavy atom. The van der Waals surface area contributed by atoms with Crippen LogP contribution in [0.4, 0.5) is 10.1 Å². The number of hydrogen-bond donors (Lipinski definition) is 1. The molecule has 1 aliphatic heterocycles. The highest BCUT2D eigenvalue weighted by molar-refractivity contribution is 7.80. The van der Waals surface area contributed by atoms with E-state index in [9.17, 15) is 9.18 Å². The Hall–Kier alpha value is -2.71. The van der Waals surface area contributed by atoms with Crippen LogP contribution < -0.4 is 10.1 Å². The molecule has 0 bridgehead atoms. The van der Waals surface area contributed by atoms with Gasteiger partial charge in [0.1, 0.15) is 11.6 Å². The Labute approximate surface area is 194 Å². The molecule has 1 amide bonds. The summed E-state index contributed by atoms with van der Waals surface area (Å²) in [7, 11) is 1.60. The molecule has 0 saturated carbocycles. The lowest BCUT2D eigenvalue weighted by atomic mass is 10.1. The first-order valence-corrected chi connectivity index (χ1v) is 11.1. The molecule has 3 rings (SSSR count). The summed E-state index contributed by atoms with van der Waals surface area (Å²) < 4.78 is 24.3. The number of methoxy groups -OCH3 is 1. The van der Waals surface area contributed by atoms with E-state index in [1.165, 1.54) is 12.1 Å². The first kappa shape index (κ1) is 23.9. The highest BCUT2D eigenvalue weighted by Crippen LogP contribution is 2.17. The summed E-state index contributed by atoms with van der Waals surface area (Å²) in [6.07, 6.45) is -0.169. The van der Waals surface area contributed by atoms with Crippen molar-refractivity contribution in [1.82, 2.24) is 9.80 Å². The first-order chi connectivity index (χ1) is 15.4. The van der Waals surface area contributed by atoms with Crippen molar-refractivity contribution in [3.8, 4) is 5.75 Å². The monoisotopic (exact) mass is 459 g/mol. The molecule has 1 saturated heterocycles. The maximum absolute atomic E-state index is 13.2. The smallest absolute Gasteiger partial charge is 0.253 e. The summed E-state index contributed by atoms with van der Waals surface area (Å²) in [6.45, 7) is 7.01. The van der Waals surface area contributed by atoms with Gasteiger partial charge in [0, 0.05) is 37.4 Å². The van der Waals surface area contributed by atoms with Crippen LogP contribution in [-0.2, 0) is 4.74 Å². The number of benzene rings is 2. The van der Waals surface area contributed by atoms with Crippen molar-refractivity contribution >= 4 is 28.9 Å². The van der Waals surface area contributed by atoms with E-state index in [0.29, 0.717) is 55.1 Å². The van der Waals surface area contributed by atoms with E-state index < -0.39 is 0 Å². The van der Waals surface area contributed by atoms with Gasteiger partial charge in [-0.1, -0.05) is 13.8 Å². The number of nitrogens with zero attached hydrogens (tertiary/aromatic N) is 2. The molecule has 8 heteroatoms. The van der Waals surface area contributed by atoms with E-state index in [2.05, 4.69) is 19.2 Å². The normalized spacial score (nSPS) is 16.0. The number of rotatable bonds is 7. The zero-order valence-corrected chi connectivity index (χ0v) is 19.5. The van der Waals surface area contributed by atoms with E-state index >= 15 is 0 Å². The van der Waals surface area contributed by atoms with Crippen LogP contribution in [0.15, 0.2) is 48.5 Å². The van der Waals surface area contributed by atoms with E-state index in [1.54, 1.807) is 43.5 Å². The SMILES string of the molecule is COc1ccc(C(=O)N(CC(C)C)C[C@@H]2CN(C(=S)Nc3ccc(F)cc3)CCO2)cc1. The molecule has 2 aromatic carbocycles. The second-order valence-corrected chi connectivity index (χ2v) is 8.60. The molecule has 0 aromatic heterocycles. The Bertz CT molecular complexity index is 906. The van der Waals surface area contributed by atoms with Crippen molar-refractivity contribution in [3.63, 3.8) is 0 Å². The number of nitrogens with one attached hydrogen (secondary N) is 1. The number of thiocarbonyl (C=S) groups is 1. The number of halogens is 1. The van der Waals surface area contributed by atoms with Gasteiger partial charge in [0.2, 0.25) is 0 Å². The number of anilines is 1. The van der Waals surface area contributed by atoms with Crippen molar-refractivity contribution in [2.45, 2.75) is 20.0 Å². The maximum Gasteiger partial charge on any atom is 0.253 e. The van der Waals surface area contributed by atoms with Gasteiger partial charge in [0.05, 0.1) is 19.8 Å². The van der Waals surface area contributed by atoms with Gasteiger partial charge in [-0.05, 0) is 66.7 Å². The summed E-state index contributed by atoms with van der Waals surface area (Å²) in [5, 5.41) is 3.70. The largest absolute Gasteiger partial charge is 0.497 e. The van der Waals surface area contributed by atoms with Crippen LogP contribution in [0.25, 0.3) is 0 Å². The predicted molar refractivity (Wildman–Crippen MR) is 128 cm³/mol. The zero-order valence-electron chi connectivity index (χ0n) is 18.7. The molecule has 0 unspecified atom stereocenters.